The number of fused-ring (bicyclic) bond motifs is 1. The van der Waals surface area contributed by atoms with Crippen molar-refractivity contribution in [1.82, 2.24) is 10.3 Å². The molecule has 1 aliphatic carbocycles. The highest BCUT2D eigenvalue weighted by Gasteiger charge is 2.37. The Labute approximate surface area is 152 Å². The molecule has 1 aromatic heterocycles. The highest BCUT2D eigenvalue weighted by molar-refractivity contribution is 5.64. The number of aromatic nitrogens is 1. The first-order chi connectivity index (χ1) is 11.9. The standard InChI is InChI=1S/C23H32N2/c1-22(2)9-10-23(3,4)20-13-17(5-6-19(20)22)21-14-18(15-25-21)16-7-11-24-12-8-16/h5-6,13-16,24-25H,7-12H2,1-4H3. The van der Waals surface area contributed by atoms with Gasteiger partial charge >= 0.3 is 0 Å². The third-order valence-corrected chi connectivity index (χ3v) is 6.68. The number of aromatic amines is 1. The van der Waals surface area contributed by atoms with Crippen molar-refractivity contribution < 1.29 is 0 Å². The van der Waals surface area contributed by atoms with E-state index in [0.29, 0.717) is 11.3 Å². The van der Waals surface area contributed by atoms with Crippen molar-refractivity contribution in [3.8, 4) is 11.3 Å². The van der Waals surface area contributed by atoms with Crippen LogP contribution in [0.25, 0.3) is 11.3 Å². The zero-order valence-corrected chi connectivity index (χ0v) is 16.2. The summed E-state index contributed by atoms with van der Waals surface area (Å²) in [5, 5.41) is 3.46. The fraction of sp³-hybridized carbons (Fsp3) is 0.565. The quantitative estimate of drug-likeness (QED) is 0.745. The zero-order valence-electron chi connectivity index (χ0n) is 16.2. The lowest BCUT2D eigenvalue weighted by molar-refractivity contribution is 0.332. The normalized spacial score (nSPS) is 22.6. The van der Waals surface area contributed by atoms with E-state index in [2.05, 4.69) is 68.5 Å². The number of piperidine rings is 1. The Kier molecular flexibility index (Phi) is 4.07. The fourth-order valence-corrected chi connectivity index (χ4v) is 4.72. The molecule has 0 radical (unpaired) electrons. The van der Waals surface area contributed by atoms with Crippen molar-refractivity contribution in [2.24, 2.45) is 0 Å². The second-order valence-corrected chi connectivity index (χ2v) is 9.40. The number of hydrogen-bond acceptors (Lipinski definition) is 1. The van der Waals surface area contributed by atoms with Crippen LogP contribution in [0.1, 0.15) is 76.0 Å². The van der Waals surface area contributed by atoms with Crippen LogP contribution in [0.4, 0.5) is 0 Å². The van der Waals surface area contributed by atoms with Crippen LogP contribution in [-0.2, 0) is 10.8 Å². The molecular weight excluding hydrogens is 304 g/mol. The van der Waals surface area contributed by atoms with E-state index >= 15 is 0 Å². The lowest BCUT2D eigenvalue weighted by atomic mass is 9.63. The van der Waals surface area contributed by atoms with E-state index in [1.54, 1.807) is 5.56 Å². The lowest BCUT2D eigenvalue weighted by Crippen LogP contribution is -2.33. The molecule has 134 valence electrons. The van der Waals surface area contributed by atoms with Gasteiger partial charge in [0.15, 0.2) is 0 Å². The monoisotopic (exact) mass is 336 g/mol. The highest BCUT2D eigenvalue weighted by Crippen LogP contribution is 2.46. The Balaban J connectivity index is 1.69. The van der Waals surface area contributed by atoms with E-state index in [-0.39, 0.29) is 5.41 Å². The van der Waals surface area contributed by atoms with Crippen molar-refractivity contribution in [1.29, 1.82) is 0 Å². The van der Waals surface area contributed by atoms with Crippen LogP contribution in [0.2, 0.25) is 0 Å². The summed E-state index contributed by atoms with van der Waals surface area (Å²) < 4.78 is 0. The number of hydrogen-bond donors (Lipinski definition) is 2. The number of H-pyrrole nitrogens is 1. The Morgan fingerprint density at radius 3 is 2.28 bits per heavy atom. The molecule has 2 N–H and O–H groups in total. The van der Waals surface area contributed by atoms with Gasteiger partial charge < -0.3 is 10.3 Å². The maximum atomic E-state index is 3.55. The molecule has 2 heteroatoms. The van der Waals surface area contributed by atoms with Crippen LogP contribution in [0.5, 0.6) is 0 Å². The molecule has 0 unspecified atom stereocenters. The Morgan fingerprint density at radius 2 is 1.56 bits per heavy atom. The second-order valence-electron chi connectivity index (χ2n) is 9.40. The van der Waals surface area contributed by atoms with Gasteiger partial charge in [-0.05, 0) is 89.9 Å². The molecule has 2 aromatic rings. The smallest absolute Gasteiger partial charge is 0.0456 e. The van der Waals surface area contributed by atoms with E-state index in [1.165, 1.54) is 48.1 Å². The molecule has 0 amide bonds. The van der Waals surface area contributed by atoms with E-state index in [9.17, 15) is 0 Å². The molecule has 1 fully saturated rings. The predicted octanol–water partition coefficient (Wildman–Crippen LogP) is 5.50. The molecule has 0 spiro atoms. The average Bonchev–Trinajstić information content (AvgIpc) is 3.10. The summed E-state index contributed by atoms with van der Waals surface area (Å²) in [5.41, 5.74) is 7.73. The molecule has 1 aromatic carbocycles. The molecule has 0 bridgehead atoms. The molecule has 0 atom stereocenters. The Hall–Kier alpha value is -1.54. The summed E-state index contributed by atoms with van der Waals surface area (Å²) in [6.07, 6.45) is 7.28. The van der Waals surface area contributed by atoms with Gasteiger partial charge in [0, 0.05) is 11.9 Å². The number of nitrogens with one attached hydrogen (secondary N) is 2. The average molecular weight is 337 g/mol. The summed E-state index contributed by atoms with van der Waals surface area (Å²) in [6, 6.07) is 9.55. The van der Waals surface area contributed by atoms with Crippen molar-refractivity contribution in [3.05, 3.63) is 47.2 Å². The van der Waals surface area contributed by atoms with Gasteiger partial charge in [-0.15, -0.1) is 0 Å². The van der Waals surface area contributed by atoms with Gasteiger partial charge in [0.1, 0.15) is 0 Å². The summed E-state index contributed by atoms with van der Waals surface area (Å²) in [6.45, 7) is 11.9. The summed E-state index contributed by atoms with van der Waals surface area (Å²) in [7, 11) is 0. The van der Waals surface area contributed by atoms with Crippen molar-refractivity contribution >= 4 is 0 Å². The zero-order chi connectivity index (χ0) is 17.7. The van der Waals surface area contributed by atoms with Crippen LogP contribution in [0, 0.1) is 0 Å². The minimum atomic E-state index is 0.269. The van der Waals surface area contributed by atoms with Crippen LogP contribution >= 0.6 is 0 Å². The summed E-state index contributed by atoms with van der Waals surface area (Å²) in [4.78, 5) is 3.55. The van der Waals surface area contributed by atoms with Gasteiger partial charge in [-0.1, -0.05) is 39.8 Å². The maximum absolute atomic E-state index is 3.55. The van der Waals surface area contributed by atoms with Crippen LogP contribution in [-0.4, -0.2) is 18.1 Å². The molecular formula is C23H32N2. The van der Waals surface area contributed by atoms with Gasteiger partial charge in [0.25, 0.3) is 0 Å². The van der Waals surface area contributed by atoms with Gasteiger partial charge in [-0.2, -0.15) is 0 Å². The summed E-state index contributed by atoms with van der Waals surface area (Å²) in [5.74, 6) is 0.708. The predicted molar refractivity (Wildman–Crippen MR) is 106 cm³/mol. The molecule has 4 rings (SSSR count). The first kappa shape index (κ1) is 16.9. The van der Waals surface area contributed by atoms with Crippen LogP contribution < -0.4 is 5.32 Å². The molecule has 0 saturated carbocycles. The highest BCUT2D eigenvalue weighted by atomic mass is 14.9. The fourth-order valence-electron chi connectivity index (χ4n) is 4.72. The molecule has 2 nitrogen and oxygen atoms in total. The minimum absolute atomic E-state index is 0.269. The Bertz CT molecular complexity index is 760. The maximum Gasteiger partial charge on any atom is 0.0456 e. The molecule has 2 aliphatic rings. The van der Waals surface area contributed by atoms with Crippen LogP contribution in [0.15, 0.2) is 30.5 Å². The first-order valence-electron chi connectivity index (χ1n) is 9.91. The minimum Gasteiger partial charge on any atom is -0.361 e. The number of rotatable bonds is 2. The third kappa shape index (κ3) is 3.06. The Morgan fingerprint density at radius 1 is 0.880 bits per heavy atom. The van der Waals surface area contributed by atoms with Crippen molar-refractivity contribution in [3.63, 3.8) is 0 Å². The topological polar surface area (TPSA) is 27.8 Å². The summed E-state index contributed by atoms with van der Waals surface area (Å²) >= 11 is 0. The molecule has 25 heavy (non-hydrogen) atoms. The van der Waals surface area contributed by atoms with E-state index in [4.69, 9.17) is 0 Å². The largest absolute Gasteiger partial charge is 0.361 e. The van der Waals surface area contributed by atoms with E-state index < -0.39 is 0 Å². The van der Waals surface area contributed by atoms with Crippen LogP contribution in [0.3, 0.4) is 0 Å². The van der Waals surface area contributed by atoms with Gasteiger partial charge in [0.05, 0.1) is 0 Å². The third-order valence-electron chi connectivity index (χ3n) is 6.68. The van der Waals surface area contributed by atoms with Crippen molar-refractivity contribution in [2.45, 2.75) is 70.1 Å². The first-order valence-corrected chi connectivity index (χ1v) is 9.91. The second kappa shape index (κ2) is 6.02. The molecule has 1 saturated heterocycles. The SMILES string of the molecule is CC1(C)CCC(C)(C)c2cc(-c3cc(C4CCNCC4)c[nH]3)ccc21. The van der Waals surface area contributed by atoms with Crippen molar-refractivity contribution in [2.75, 3.05) is 13.1 Å². The molecule has 1 aliphatic heterocycles. The van der Waals surface area contributed by atoms with E-state index in [1.807, 2.05) is 0 Å². The molecule has 2 heterocycles. The van der Waals surface area contributed by atoms with Gasteiger partial charge in [-0.25, -0.2) is 0 Å². The number of benzene rings is 1. The van der Waals surface area contributed by atoms with E-state index in [0.717, 1.165) is 13.1 Å². The van der Waals surface area contributed by atoms with Gasteiger partial charge in [0.2, 0.25) is 0 Å². The lowest BCUT2D eigenvalue weighted by Gasteiger charge is -2.42. The van der Waals surface area contributed by atoms with Gasteiger partial charge in [-0.3, -0.25) is 0 Å².